The topological polar surface area (TPSA) is 40.5 Å². The Morgan fingerprint density at radius 3 is 1.94 bits per heavy atom. The van der Waals surface area contributed by atoms with E-state index in [-0.39, 0.29) is 13.2 Å². The molecule has 1 aromatic carbocycles. The third-order valence-electron chi connectivity index (χ3n) is 2.07. The second-order valence-electron chi connectivity index (χ2n) is 3.43. The summed E-state index contributed by atoms with van der Waals surface area (Å²) in [6.45, 7) is 2.47. The number of benzene rings is 1. The zero-order valence-corrected chi connectivity index (χ0v) is 11.1. The fourth-order valence-electron chi connectivity index (χ4n) is 1.28. The first-order chi connectivity index (χ1) is 7.77. The third kappa shape index (κ3) is 4.78. The molecule has 1 aromatic rings. The zero-order valence-electron chi connectivity index (χ0n) is 9.43. The van der Waals surface area contributed by atoms with Crippen LogP contribution < -0.4 is 0 Å². The van der Waals surface area contributed by atoms with Crippen molar-refractivity contribution in [3.8, 4) is 0 Å². The van der Waals surface area contributed by atoms with E-state index in [4.69, 9.17) is 10.2 Å². The maximum Gasteiger partial charge on any atom is 0.0753 e. The molecule has 0 unspecified atom stereocenters. The van der Waals surface area contributed by atoms with E-state index in [1.807, 2.05) is 0 Å². The molecule has 0 aliphatic heterocycles. The van der Waals surface area contributed by atoms with E-state index in [1.165, 1.54) is 11.1 Å². The second-order valence-corrected chi connectivity index (χ2v) is 6.16. The normalized spacial score (nSPS) is 11.0. The van der Waals surface area contributed by atoms with Crippen LogP contribution in [0, 0.1) is 6.92 Å². The van der Waals surface area contributed by atoms with Gasteiger partial charge in [-0.2, -0.15) is 0 Å². The molecule has 0 bridgehead atoms. The van der Waals surface area contributed by atoms with E-state index in [0.29, 0.717) is 4.58 Å². The lowest BCUT2D eigenvalue weighted by atomic mass is 10.2. The van der Waals surface area contributed by atoms with Gasteiger partial charge >= 0.3 is 0 Å². The molecule has 0 saturated carbocycles. The summed E-state index contributed by atoms with van der Waals surface area (Å²) >= 11 is 3.44. The van der Waals surface area contributed by atoms with Gasteiger partial charge in [0.1, 0.15) is 0 Å². The Labute approximate surface area is 105 Å². The molecule has 0 radical (unpaired) electrons. The molecule has 2 N–H and O–H groups in total. The van der Waals surface area contributed by atoms with Crippen molar-refractivity contribution in [2.75, 3.05) is 24.7 Å². The van der Waals surface area contributed by atoms with Gasteiger partial charge in [-0.3, -0.25) is 0 Å². The van der Waals surface area contributed by atoms with Crippen molar-refractivity contribution in [3.05, 3.63) is 35.4 Å². The van der Waals surface area contributed by atoms with Gasteiger partial charge in [0.05, 0.1) is 17.8 Å². The Hall–Kier alpha value is -0.160. The first kappa shape index (κ1) is 13.9. The van der Waals surface area contributed by atoms with Crippen molar-refractivity contribution in [1.29, 1.82) is 0 Å². The lowest BCUT2D eigenvalue weighted by Crippen LogP contribution is -1.97. The molecule has 0 heterocycles. The number of thioether (sulfide) groups is 2. The van der Waals surface area contributed by atoms with Crippen LogP contribution in [0.4, 0.5) is 0 Å². The third-order valence-corrected chi connectivity index (χ3v) is 4.87. The van der Waals surface area contributed by atoms with E-state index < -0.39 is 0 Å². The maximum atomic E-state index is 8.85. The van der Waals surface area contributed by atoms with Crippen LogP contribution in [0.1, 0.15) is 15.7 Å². The minimum atomic E-state index is 0.201. The molecule has 0 fully saturated rings. The summed E-state index contributed by atoms with van der Waals surface area (Å²) in [5.41, 5.74) is 2.50. The zero-order chi connectivity index (χ0) is 11.8. The standard InChI is InChI=1S/C12H18O2S2/c1-10-2-4-11(5-3-10)12(15-8-6-13)16-9-7-14/h2-5,12-14H,6-9H2,1H3. The predicted octanol–water partition coefficient (Wildman–Crippen LogP) is 2.44. The van der Waals surface area contributed by atoms with Crippen LogP contribution in [0.2, 0.25) is 0 Å². The summed E-state index contributed by atoms with van der Waals surface area (Å²) < 4.78 is 0.305. The molecule has 0 aliphatic carbocycles. The number of hydrogen-bond donors (Lipinski definition) is 2. The van der Waals surface area contributed by atoms with Crippen molar-refractivity contribution in [3.63, 3.8) is 0 Å². The monoisotopic (exact) mass is 258 g/mol. The number of aryl methyl sites for hydroxylation is 1. The average Bonchev–Trinajstić information content (AvgIpc) is 2.31. The van der Waals surface area contributed by atoms with Gasteiger partial charge in [0.2, 0.25) is 0 Å². The molecule has 0 aliphatic rings. The summed E-state index contributed by atoms with van der Waals surface area (Å²) in [4.78, 5) is 0. The van der Waals surface area contributed by atoms with E-state index in [2.05, 4.69) is 31.2 Å². The van der Waals surface area contributed by atoms with Gasteiger partial charge in [0.15, 0.2) is 0 Å². The number of aliphatic hydroxyl groups is 2. The van der Waals surface area contributed by atoms with Crippen LogP contribution in [-0.2, 0) is 0 Å². The van der Waals surface area contributed by atoms with Crippen molar-refractivity contribution in [2.45, 2.75) is 11.5 Å². The molecule has 0 saturated heterocycles. The molecule has 0 aromatic heterocycles. The first-order valence-corrected chi connectivity index (χ1v) is 7.39. The molecular weight excluding hydrogens is 240 g/mol. The first-order valence-electron chi connectivity index (χ1n) is 5.29. The van der Waals surface area contributed by atoms with Crippen molar-refractivity contribution < 1.29 is 10.2 Å². The highest BCUT2D eigenvalue weighted by Gasteiger charge is 2.11. The Balaban J connectivity index is 2.62. The smallest absolute Gasteiger partial charge is 0.0753 e. The van der Waals surface area contributed by atoms with Gasteiger partial charge in [-0.25, -0.2) is 0 Å². The molecule has 2 nitrogen and oxygen atoms in total. The van der Waals surface area contributed by atoms with E-state index in [1.54, 1.807) is 23.5 Å². The molecule has 16 heavy (non-hydrogen) atoms. The van der Waals surface area contributed by atoms with Crippen molar-refractivity contribution in [2.24, 2.45) is 0 Å². The van der Waals surface area contributed by atoms with E-state index >= 15 is 0 Å². The fourth-order valence-corrected chi connectivity index (χ4v) is 3.58. The van der Waals surface area contributed by atoms with Crippen molar-refractivity contribution >= 4 is 23.5 Å². The summed E-state index contributed by atoms with van der Waals surface area (Å²) in [5.74, 6) is 1.47. The van der Waals surface area contributed by atoms with E-state index in [0.717, 1.165) is 11.5 Å². The Morgan fingerprint density at radius 1 is 1.00 bits per heavy atom. The van der Waals surface area contributed by atoms with Gasteiger partial charge in [0, 0.05) is 11.5 Å². The molecule has 0 spiro atoms. The van der Waals surface area contributed by atoms with E-state index in [9.17, 15) is 0 Å². The number of hydrogen-bond acceptors (Lipinski definition) is 4. The molecular formula is C12H18O2S2. The van der Waals surface area contributed by atoms with Crippen LogP contribution >= 0.6 is 23.5 Å². The summed E-state index contributed by atoms with van der Waals surface area (Å²) in [6, 6.07) is 8.44. The van der Waals surface area contributed by atoms with Crippen LogP contribution in [0.15, 0.2) is 24.3 Å². The van der Waals surface area contributed by atoms with Gasteiger partial charge in [0.25, 0.3) is 0 Å². The minimum Gasteiger partial charge on any atom is -0.396 e. The minimum absolute atomic E-state index is 0.201. The molecule has 0 atom stereocenters. The van der Waals surface area contributed by atoms with Gasteiger partial charge in [-0.15, -0.1) is 23.5 Å². The van der Waals surface area contributed by atoms with Gasteiger partial charge in [-0.1, -0.05) is 29.8 Å². The second kappa shape index (κ2) is 8.01. The molecule has 1 rings (SSSR count). The summed E-state index contributed by atoms with van der Waals surface area (Å²) in [5, 5.41) is 17.7. The average molecular weight is 258 g/mol. The Morgan fingerprint density at radius 2 is 1.50 bits per heavy atom. The van der Waals surface area contributed by atoms with Gasteiger partial charge in [-0.05, 0) is 12.5 Å². The highest BCUT2D eigenvalue weighted by Crippen LogP contribution is 2.38. The van der Waals surface area contributed by atoms with Crippen molar-refractivity contribution in [1.82, 2.24) is 0 Å². The predicted molar refractivity (Wildman–Crippen MR) is 73.0 cm³/mol. The SMILES string of the molecule is Cc1ccc(C(SCCO)SCCO)cc1. The van der Waals surface area contributed by atoms with Crippen LogP contribution in [-0.4, -0.2) is 34.9 Å². The fraction of sp³-hybridized carbons (Fsp3) is 0.500. The lowest BCUT2D eigenvalue weighted by molar-refractivity contribution is 0.322. The van der Waals surface area contributed by atoms with Gasteiger partial charge < -0.3 is 10.2 Å². The maximum absolute atomic E-state index is 8.85. The Bertz CT molecular complexity index is 280. The molecule has 4 heteroatoms. The quantitative estimate of drug-likeness (QED) is 0.737. The van der Waals surface area contributed by atoms with Crippen LogP contribution in [0.3, 0.4) is 0 Å². The Kier molecular flexibility index (Phi) is 6.96. The summed E-state index contributed by atoms with van der Waals surface area (Å²) in [6.07, 6.45) is 0. The van der Waals surface area contributed by atoms with Crippen LogP contribution in [0.25, 0.3) is 0 Å². The highest BCUT2D eigenvalue weighted by atomic mass is 32.2. The number of rotatable bonds is 7. The highest BCUT2D eigenvalue weighted by molar-refractivity contribution is 8.16. The number of aliphatic hydroxyl groups excluding tert-OH is 2. The largest absolute Gasteiger partial charge is 0.396 e. The van der Waals surface area contributed by atoms with Crippen LogP contribution in [0.5, 0.6) is 0 Å². The summed E-state index contributed by atoms with van der Waals surface area (Å²) in [7, 11) is 0. The lowest BCUT2D eigenvalue weighted by Gasteiger charge is -2.15. The molecule has 0 amide bonds. The molecule has 90 valence electrons.